The average molecular weight is 353 g/mol. The van der Waals surface area contributed by atoms with Crippen LogP contribution in [0.25, 0.3) is 6.08 Å². The van der Waals surface area contributed by atoms with E-state index in [2.05, 4.69) is 11.8 Å². The number of rotatable bonds is 5. The Hall–Kier alpha value is -2.98. The Morgan fingerprint density at radius 1 is 1.04 bits per heavy atom. The van der Waals surface area contributed by atoms with Crippen molar-refractivity contribution in [2.24, 2.45) is 0 Å². The highest BCUT2D eigenvalue weighted by Crippen LogP contribution is 2.24. The van der Waals surface area contributed by atoms with Crippen LogP contribution in [0.3, 0.4) is 0 Å². The topological polar surface area (TPSA) is 23.8 Å². The second-order valence-electron chi connectivity index (χ2n) is 5.88. The van der Waals surface area contributed by atoms with Gasteiger partial charge >= 0.3 is 0 Å². The summed E-state index contributed by atoms with van der Waals surface area (Å²) in [6.07, 6.45) is 3.39. The summed E-state index contributed by atoms with van der Waals surface area (Å²) in [6.45, 7) is 1.88. The van der Waals surface area contributed by atoms with Crippen LogP contribution in [0, 0.1) is 29.0 Å². The molecule has 0 heterocycles. The molecule has 2 rings (SSSR count). The molecule has 0 N–H and O–H groups in total. The number of nitriles is 1. The van der Waals surface area contributed by atoms with Crippen LogP contribution in [0.2, 0.25) is 0 Å². The van der Waals surface area contributed by atoms with Gasteiger partial charge in [0.15, 0.2) is 0 Å². The van der Waals surface area contributed by atoms with Crippen LogP contribution < -0.4 is 0 Å². The Kier molecular flexibility index (Phi) is 6.64. The fraction of sp³-hybridized carbons (Fsp3) is 0.227. The lowest BCUT2D eigenvalue weighted by atomic mass is 10.1. The minimum absolute atomic E-state index is 0.153. The highest BCUT2D eigenvalue weighted by Gasteiger charge is 2.23. The zero-order valence-corrected chi connectivity index (χ0v) is 14.4. The van der Waals surface area contributed by atoms with Gasteiger partial charge in [-0.1, -0.05) is 43.4 Å². The van der Waals surface area contributed by atoms with Gasteiger partial charge in [0, 0.05) is 12.0 Å². The van der Waals surface area contributed by atoms with Crippen LogP contribution in [-0.4, -0.2) is 5.92 Å². The van der Waals surface area contributed by atoms with Crippen LogP contribution in [0.15, 0.2) is 48.5 Å². The van der Waals surface area contributed by atoms with Crippen molar-refractivity contribution in [2.75, 3.05) is 0 Å². The zero-order chi connectivity index (χ0) is 19.0. The third kappa shape index (κ3) is 5.83. The SMILES string of the molecule is CCCCC(F)(F)/C=C/c1ccc(C#Cc2ccc(C#N)cc2F)cc1. The summed E-state index contributed by atoms with van der Waals surface area (Å²) in [5, 5.41) is 8.72. The molecule has 0 atom stereocenters. The largest absolute Gasteiger partial charge is 0.266 e. The molecule has 0 unspecified atom stereocenters. The summed E-state index contributed by atoms with van der Waals surface area (Å²) in [7, 11) is 0. The van der Waals surface area contributed by atoms with E-state index in [9.17, 15) is 13.2 Å². The van der Waals surface area contributed by atoms with E-state index in [1.807, 2.05) is 13.0 Å². The molecule has 26 heavy (non-hydrogen) atoms. The molecule has 4 heteroatoms. The third-order valence-corrected chi connectivity index (χ3v) is 3.73. The smallest absolute Gasteiger partial charge is 0.206 e. The second-order valence-corrected chi connectivity index (χ2v) is 5.88. The van der Waals surface area contributed by atoms with Gasteiger partial charge in [0.1, 0.15) is 5.82 Å². The number of unbranched alkanes of at least 4 members (excludes halogenated alkanes) is 1. The first-order chi connectivity index (χ1) is 12.4. The van der Waals surface area contributed by atoms with Gasteiger partial charge in [-0.25, -0.2) is 13.2 Å². The lowest BCUT2D eigenvalue weighted by molar-refractivity contribution is 0.0441. The Morgan fingerprint density at radius 3 is 2.35 bits per heavy atom. The maximum Gasteiger partial charge on any atom is 0.266 e. The number of hydrogen-bond acceptors (Lipinski definition) is 1. The van der Waals surface area contributed by atoms with Crippen molar-refractivity contribution < 1.29 is 13.2 Å². The van der Waals surface area contributed by atoms with Crippen molar-refractivity contribution in [2.45, 2.75) is 32.1 Å². The van der Waals surface area contributed by atoms with Crippen molar-refractivity contribution in [3.8, 4) is 17.9 Å². The van der Waals surface area contributed by atoms with E-state index in [4.69, 9.17) is 5.26 Å². The van der Waals surface area contributed by atoms with E-state index in [-0.39, 0.29) is 17.5 Å². The molecule has 0 bridgehead atoms. The summed E-state index contributed by atoms with van der Waals surface area (Å²) in [5.74, 6) is 2.17. The predicted octanol–water partition coefficient (Wildman–Crippen LogP) is 5.94. The molecule has 2 aromatic carbocycles. The zero-order valence-electron chi connectivity index (χ0n) is 14.4. The van der Waals surface area contributed by atoms with E-state index in [0.717, 1.165) is 18.6 Å². The van der Waals surface area contributed by atoms with Crippen molar-refractivity contribution in [3.63, 3.8) is 0 Å². The van der Waals surface area contributed by atoms with E-state index in [1.54, 1.807) is 24.3 Å². The molecule has 0 fully saturated rings. The first-order valence-corrected chi connectivity index (χ1v) is 8.32. The van der Waals surface area contributed by atoms with Gasteiger partial charge in [-0.15, -0.1) is 0 Å². The quantitative estimate of drug-likeness (QED) is 0.611. The molecule has 0 saturated carbocycles. The summed E-state index contributed by atoms with van der Waals surface area (Å²) in [5.41, 5.74) is 1.73. The van der Waals surface area contributed by atoms with Gasteiger partial charge in [0.25, 0.3) is 5.92 Å². The highest BCUT2D eigenvalue weighted by molar-refractivity contribution is 5.53. The minimum atomic E-state index is -2.80. The monoisotopic (exact) mass is 353 g/mol. The van der Waals surface area contributed by atoms with Crippen molar-refractivity contribution in [1.29, 1.82) is 5.26 Å². The highest BCUT2D eigenvalue weighted by atomic mass is 19.3. The van der Waals surface area contributed by atoms with Crippen molar-refractivity contribution in [3.05, 3.63) is 76.6 Å². The number of allylic oxidation sites excluding steroid dienone is 1. The first-order valence-electron chi connectivity index (χ1n) is 8.32. The van der Waals surface area contributed by atoms with E-state index in [0.29, 0.717) is 17.5 Å². The molecule has 0 aromatic heterocycles. The van der Waals surface area contributed by atoms with Crippen molar-refractivity contribution in [1.82, 2.24) is 0 Å². The van der Waals surface area contributed by atoms with Crippen LogP contribution in [-0.2, 0) is 0 Å². The van der Waals surface area contributed by atoms with Crippen LogP contribution >= 0.6 is 0 Å². The molecule has 0 aliphatic heterocycles. The van der Waals surface area contributed by atoms with Gasteiger partial charge in [-0.3, -0.25) is 0 Å². The molecular weight excluding hydrogens is 335 g/mol. The fourth-order valence-electron chi connectivity index (χ4n) is 2.22. The average Bonchev–Trinajstić information content (AvgIpc) is 2.64. The molecular formula is C22H18F3N. The standard InChI is InChI=1S/C22H18F3N/c1-2-3-13-22(24,25)14-12-18-6-4-17(5-7-18)8-10-20-11-9-19(16-26)15-21(20)23/h4-7,9,11-12,14-15H,2-3,13H2,1H3/b14-12+. The summed E-state index contributed by atoms with van der Waals surface area (Å²) in [6, 6.07) is 12.7. The number of halogens is 3. The van der Waals surface area contributed by atoms with E-state index in [1.165, 1.54) is 18.2 Å². The van der Waals surface area contributed by atoms with Crippen LogP contribution in [0.4, 0.5) is 13.2 Å². The molecule has 0 radical (unpaired) electrons. The van der Waals surface area contributed by atoms with Gasteiger partial charge in [0.05, 0.1) is 17.2 Å². The molecule has 0 amide bonds. The molecule has 0 aliphatic rings. The van der Waals surface area contributed by atoms with Gasteiger partial charge in [-0.05, 0) is 48.4 Å². The van der Waals surface area contributed by atoms with E-state index >= 15 is 0 Å². The van der Waals surface area contributed by atoms with Gasteiger partial charge in [0.2, 0.25) is 0 Å². The maximum atomic E-state index is 13.8. The molecule has 1 nitrogen and oxygen atoms in total. The Bertz CT molecular complexity index is 878. The third-order valence-electron chi connectivity index (χ3n) is 3.73. The second kappa shape index (κ2) is 8.92. The predicted molar refractivity (Wildman–Crippen MR) is 97.0 cm³/mol. The lowest BCUT2D eigenvalue weighted by Crippen LogP contribution is -2.11. The van der Waals surface area contributed by atoms with E-state index < -0.39 is 11.7 Å². The van der Waals surface area contributed by atoms with Gasteiger partial charge < -0.3 is 0 Å². The Labute approximate surface area is 151 Å². The lowest BCUT2D eigenvalue weighted by Gasteiger charge is -2.10. The minimum Gasteiger partial charge on any atom is -0.206 e. The first kappa shape index (κ1) is 19.3. The van der Waals surface area contributed by atoms with Crippen LogP contribution in [0.1, 0.15) is 48.4 Å². The Balaban J connectivity index is 2.08. The summed E-state index contributed by atoms with van der Waals surface area (Å²) >= 11 is 0. The van der Waals surface area contributed by atoms with Gasteiger partial charge in [-0.2, -0.15) is 5.26 Å². The molecule has 132 valence electrons. The van der Waals surface area contributed by atoms with Crippen LogP contribution in [0.5, 0.6) is 0 Å². The van der Waals surface area contributed by atoms with Crippen molar-refractivity contribution >= 4 is 6.08 Å². The number of benzene rings is 2. The summed E-state index contributed by atoms with van der Waals surface area (Å²) < 4.78 is 41.0. The molecule has 0 saturated heterocycles. The molecule has 0 aliphatic carbocycles. The molecule has 0 spiro atoms. The number of nitrogens with zero attached hydrogens (tertiary/aromatic N) is 1. The Morgan fingerprint density at radius 2 is 1.73 bits per heavy atom. The molecule has 2 aromatic rings. The maximum absolute atomic E-state index is 13.8. The fourth-order valence-corrected chi connectivity index (χ4v) is 2.22. The number of hydrogen-bond donors (Lipinski definition) is 0. The normalized spacial score (nSPS) is 11.0. The number of alkyl halides is 2. The summed E-state index contributed by atoms with van der Waals surface area (Å²) in [4.78, 5) is 0.